The predicted molar refractivity (Wildman–Crippen MR) is 264 cm³/mol. The number of Topliss-reactive ketones (excluding diaryl/α,β-unsaturated/α-hetero) is 1. The van der Waals surface area contributed by atoms with Crippen LogP contribution in [0.3, 0.4) is 0 Å². The van der Waals surface area contributed by atoms with Gasteiger partial charge in [0.1, 0.15) is 53.7 Å². The fourth-order valence-electron chi connectivity index (χ4n) is 10.7. The highest BCUT2D eigenvalue weighted by Crippen LogP contribution is 2.52. The number of nitrogens with zero attached hydrogens (tertiary/aromatic N) is 2. The molecule has 2 saturated heterocycles. The number of phenols is 2. The Hall–Kier alpha value is -7.31. The van der Waals surface area contributed by atoms with Crippen LogP contribution in [0.2, 0.25) is 0 Å². The summed E-state index contributed by atoms with van der Waals surface area (Å²) in [7, 11) is 2.73. The number of ether oxygens (including phenoxy) is 3. The summed E-state index contributed by atoms with van der Waals surface area (Å²) in [5, 5.41) is 73.5. The van der Waals surface area contributed by atoms with Crippen LogP contribution in [-0.2, 0) is 62.3 Å². The molecule has 76 heavy (non-hydrogen) atoms. The number of likely N-dealkylation sites (tertiary alicyclic amines) is 1. The quantitative estimate of drug-likeness (QED) is 0.0598. The lowest BCUT2D eigenvalue weighted by Gasteiger charge is -2.43. The molecule has 23 nitrogen and oxygen atoms in total. The summed E-state index contributed by atoms with van der Waals surface area (Å²) in [6, 6.07) is 6.45. The van der Waals surface area contributed by atoms with Crippen LogP contribution in [0.15, 0.2) is 42.5 Å². The van der Waals surface area contributed by atoms with Gasteiger partial charge >= 0.3 is 5.97 Å². The second-order valence-corrected chi connectivity index (χ2v) is 20.1. The van der Waals surface area contributed by atoms with E-state index in [2.05, 4.69) is 16.0 Å². The smallest absolute Gasteiger partial charge is 0.307 e. The van der Waals surface area contributed by atoms with E-state index in [1.807, 2.05) is 0 Å². The largest absolute Gasteiger partial charge is 0.507 e. The van der Waals surface area contributed by atoms with Gasteiger partial charge in [-0.05, 0) is 49.8 Å². The maximum Gasteiger partial charge on any atom is 0.307 e. The molecule has 0 saturated carbocycles. The molecule has 0 bridgehead atoms. The molecule has 5 amide bonds. The number of hydrogen-bond donors (Lipinski definition) is 9. The van der Waals surface area contributed by atoms with Gasteiger partial charge in [-0.15, -0.1) is 0 Å². The van der Waals surface area contributed by atoms with Gasteiger partial charge in [0.2, 0.25) is 35.3 Å². The van der Waals surface area contributed by atoms with Gasteiger partial charge in [0.15, 0.2) is 17.9 Å². The summed E-state index contributed by atoms with van der Waals surface area (Å²) in [5.41, 5.74) is -3.39. The van der Waals surface area contributed by atoms with Crippen molar-refractivity contribution >= 4 is 52.9 Å². The van der Waals surface area contributed by atoms with Gasteiger partial charge in [0, 0.05) is 49.5 Å². The van der Waals surface area contributed by atoms with E-state index < -0.39 is 162 Å². The number of benzene rings is 3. The average Bonchev–Trinajstić information content (AvgIpc) is 3.87. The number of amides is 5. The third-order valence-corrected chi connectivity index (χ3v) is 14.5. The van der Waals surface area contributed by atoms with Crippen LogP contribution in [0.5, 0.6) is 17.2 Å². The zero-order chi connectivity index (χ0) is 55.7. The highest BCUT2D eigenvalue weighted by Gasteiger charge is 2.51. The van der Waals surface area contributed by atoms with Crippen molar-refractivity contribution in [3.8, 4) is 17.2 Å². The molecule has 0 radical (unpaired) electrons. The molecule has 2 heterocycles. The molecule has 7 rings (SSSR count). The van der Waals surface area contributed by atoms with Gasteiger partial charge in [-0.1, -0.05) is 50.2 Å². The van der Waals surface area contributed by atoms with E-state index in [4.69, 9.17) is 19.3 Å². The third-order valence-electron chi connectivity index (χ3n) is 14.5. The first-order chi connectivity index (χ1) is 35.9. The molecule has 2 fully saturated rings. The van der Waals surface area contributed by atoms with Crippen LogP contribution in [0, 0.1) is 5.92 Å². The predicted octanol–water partition coefficient (Wildman–Crippen LogP) is 0.124. The summed E-state index contributed by atoms with van der Waals surface area (Å²) < 4.78 is 17.6. The first-order valence-electron chi connectivity index (χ1n) is 24.9. The topological polar surface area (TPSA) is 345 Å². The summed E-state index contributed by atoms with van der Waals surface area (Å²) in [6.07, 6.45) is -6.71. The molecule has 4 aliphatic rings. The number of rotatable bonds is 18. The molecule has 9 atom stereocenters. The van der Waals surface area contributed by atoms with Crippen molar-refractivity contribution in [2.24, 2.45) is 5.92 Å². The Morgan fingerprint density at radius 3 is 2.26 bits per heavy atom. The lowest BCUT2D eigenvalue weighted by Crippen LogP contribution is -2.59. The number of fused-ring (bicyclic) bond motifs is 3. The Morgan fingerprint density at radius 2 is 1.61 bits per heavy atom. The molecular weight excluding hydrogens is 995 g/mol. The molecule has 3 aromatic rings. The summed E-state index contributed by atoms with van der Waals surface area (Å²) in [6.45, 7) is 4.77. The number of likely N-dealkylation sites (N-methyl/N-ethyl adjacent to an activating group) is 1. The monoisotopic (exact) mass is 1060 g/mol. The number of aliphatic hydroxyl groups excluding tert-OH is 2. The molecule has 2 aliphatic carbocycles. The Bertz CT molecular complexity index is 2850. The number of hydrogen-bond acceptors (Lipinski definition) is 17. The van der Waals surface area contributed by atoms with E-state index in [0.29, 0.717) is 17.5 Å². The molecule has 3 aromatic carbocycles. The molecule has 0 spiro atoms. The summed E-state index contributed by atoms with van der Waals surface area (Å²) >= 11 is 0. The molecule has 408 valence electrons. The molecular formula is C53H63N5O18. The average molecular weight is 1060 g/mol. The van der Waals surface area contributed by atoms with Gasteiger partial charge in [-0.3, -0.25) is 43.2 Å². The highest BCUT2D eigenvalue weighted by molar-refractivity contribution is 6.31. The summed E-state index contributed by atoms with van der Waals surface area (Å²) in [4.78, 5) is 123. The molecule has 0 aromatic heterocycles. The lowest BCUT2D eigenvalue weighted by atomic mass is 9.72. The van der Waals surface area contributed by atoms with Gasteiger partial charge in [0.05, 0.1) is 61.4 Å². The van der Waals surface area contributed by atoms with Crippen molar-refractivity contribution in [3.05, 3.63) is 87.0 Å². The van der Waals surface area contributed by atoms with Crippen LogP contribution in [0.1, 0.15) is 114 Å². The number of nitrogens with one attached hydrogen (secondary N) is 3. The minimum absolute atomic E-state index is 0.0184. The van der Waals surface area contributed by atoms with Crippen LogP contribution in [-0.4, -0.2) is 175 Å². The zero-order valence-corrected chi connectivity index (χ0v) is 42.8. The van der Waals surface area contributed by atoms with E-state index in [1.165, 1.54) is 56.0 Å². The van der Waals surface area contributed by atoms with Gasteiger partial charge in [0.25, 0.3) is 0 Å². The minimum atomic E-state index is -2.43. The summed E-state index contributed by atoms with van der Waals surface area (Å²) in [5.74, 6) is -8.88. The first kappa shape index (κ1) is 56.4. The Morgan fingerprint density at radius 1 is 0.934 bits per heavy atom. The second-order valence-electron chi connectivity index (χ2n) is 20.1. The number of ketones is 3. The van der Waals surface area contributed by atoms with Crippen molar-refractivity contribution in [2.45, 2.75) is 127 Å². The fourth-order valence-corrected chi connectivity index (χ4v) is 10.7. The lowest BCUT2D eigenvalue weighted by molar-refractivity contribution is -0.249. The van der Waals surface area contributed by atoms with Crippen molar-refractivity contribution in [1.82, 2.24) is 25.8 Å². The van der Waals surface area contributed by atoms with E-state index in [0.717, 1.165) is 0 Å². The van der Waals surface area contributed by atoms with Crippen molar-refractivity contribution in [1.29, 1.82) is 0 Å². The Kier molecular flexibility index (Phi) is 17.0. The van der Waals surface area contributed by atoms with Gasteiger partial charge in [-0.25, -0.2) is 0 Å². The van der Waals surface area contributed by atoms with Crippen molar-refractivity contribution in [2.75, 3.05) is 33.9 Å². The maximum atomic E-state index is 14.1. The number of carboxylic acid groups (broad SMARTS) is 1. The SMILES string of the molecule is COc1cccc2c1C(=O)c1c(O)c3c(c(O)c1C2=O)C[C@@](O)(C(=O)CO)C[C@@H]3OC1CC(NC(=O)[C@@H]2CCCN2C(=O)CNC(=O)[C@H](C)NC(=O)[C@H](C(C)C)N(C)C(=O)Cc2cccc(CC(=O)O)c2)C(O)C(C)O1. The van der Waals surface area contributed by atoms with E-state index in [9.17, 15) is 68.7 Å². The number of aromatic hydroxyl groups is 2. The maximum absolute atomic E-state index is 14.1. The van der Waals surface area contributed by atoms with E-state index >= 15 is 0 Å². The number of aliphatic carboxylic acids is 1. The van der Waals surface area contributed by atoms with Crippen LogP contribution in [0.4, 0.5) is 0 Å². The molecule has 9 N–H and O–H groups in total. The Balaban J connectivity index is 0.996. The van der Waals surface area contributed by atoms with Gasteiger partial charge < -0.3 is 70.6 Å². The van der Waals surface area contributed by atoms with Crippen LogP contribution < -0.4 is 20.7 Å². The fraction of sp³-hybridized carbons (Fsp3) is 0.491. The minimum Gasteiger partial charge on any atom is -0.507 e. The van der Waals surface area contributed by atoms with E-state index in [-0.39, 0.29) is 60.2 Å². The number of methoxy groups -OCH3 is 1. The van der Waals surface area contributed by atoms with Gasteiger partial charge in [-0.2, -0.15) is 0 Å². The standard InChI is InChI=1S/C53H63N5O18/c1-24(2)44(57(5)36(61)17-27-10-7-11-28(16-27)18-38(63)64)52(72)55-25(3)50(70)54-22-37(62)58-15-9-13-32(58)51(71)56-31-19-39(75-26(4)45(31)65)76-34-21-53(73,35(60)23-59)20-30-41(34)49(69)43-42(47(30)67)46(66)29-12-8-14-33(74-6)40(29)48(43)68/h7-8,10-12,14,16,24-26,31-32,34,39,44-45,59,65,67,69,73H,9,13,15,17-23H2,1-6H3,(H,54,70)(H,55,72)(H,56,71)(H,63,64)/t25-,26?,31?,32-,34-,39?,44-,45?,53-/m0/s1. The van der Waals surface area contributed by atoms with Crippen LogP contribution in [0.25, 0.3) is 0 Å². The number of aliphatic hydroxyl groups is 3. The number of carbonyl (C=O) groups excluding carboxylic acids is 8. The number of carbonyl (C=O) groups is 9. The number of phenolic OH excluding ortho intramolecular Hbond substituents is 2. The highest BCUT2D eigenvalue weighted by atomic mass is 16.7. The Labute approximate surface area is 436 Å². The zero-order valence-electron chi connectivity index (χ0n) is 42.8. The normalized spacial score (nSPS) is 23.6. The molecule has 23 heteroatoms. The third kappa shape index (κ3) is 11.3. The van der Waals surface area contributed by atoms with Crippen molar-refractivity contribution < 1.29 is 88.0 Å². The second kappa shape index (κ2) is 22.9. The number of carboxylic acids is 1. The van der Waals surface area contributed by atoms with Crippen LogP contribution >= 0.6 is 0 Å². The molecule has 4 unspecified atom stereocenters. The van der Waals surface area contributed by atoms with E-state index in [1.54, 1.807) is 38.1 Å². The first-order valence-corrected chi connectivity index (χ1v) is 24.9. The van der Waals surface area contributed by atoms with Crippen molar-refractivity contribution in [3.63, 3.8) is 0 Å². The molecule has 2 aliphatic heterocycles.